The standard InChI is InChI=1S/C15H14BrNO3S/c1-3-20-15(19)13-9(2)8-12(21-13)17-14(18)10-4-6-11(16)7-5-10/h4-8H,3H2,1-2H3,(H,17,18). The number of hydrogen-bond acceptors (Lipinski definition) is 4. The van der Waals surface area contributed by atoms with Crippen molar-refractivity contribution in [3.63, 3.8) is 0 Å². The van der Waals surface area contributed by atoms with Crippen LogP contribution in [-0.2, 0) is 4.74 Å². The number of benzene rings is 1. The molecule has 0 saturated carbocycles. The Hall–Kier alpha value is -1.66. The molecule has 0 atom stereocenters. The van der Waals surface area contributed by atoms with Gasteiger partial charge in [-0.3, -0.25) is 4.79 Å². The van der Waals surface area contributed by atoms with Gasteiger partial charge in [-0.1, -0.05) is 15.9 Å². The van der Waals surface area contributed by atoms with Crippen LogP contribution in [0.1, 0.15) is 32.5 Å². The zero-order valence-electron chi connectivity index (χ0n) is 11.6. The van der Waals surface area contributed by atoms with Crippen LogP contribution < -0.4 is 5.32 Å². The van der Waals surface area contributed by atoms with Gasteiger partial charge in [0.15, 0.2) is 0 Å². The molecular formula is C15H14BrNO3S. The fourth-order valence-corrected chi connectivity index (χ4v) is 2.95. The van der Waals surface area contributed by atoms with E-state index in [1.54, 1.807) is 37.3 Å². The molecule has 21 heavy (non-hydrogen) atoms. The number of ether oxygens (including phenoxy) is 1. The fraction of sp³-hybridized carbons (Fsp3) is 0.200. The lowest BCUT2D eigenvalue weighted by Crippen LogP contribution is -2.10. The second-order valence-electron chi connectivity index (χ2n) is 4.30. The number of esters is 1. The summed E-state index contributed by atoms with van der Waals surface area (Å²) in [5.41, 5.74) is 1.35. The minimum atomic E-state index is -0.357. The van der Waals surface area contributed by atoms with Gasteiger partial charge in [0, 0.05) is 10.0 Å². The molecule has 0 aliphatic carbocycles. The lowest BCUT2D eigenvalue weighted by atomic mass is 10.2. The molecule has 4 nitrogen and oxygen atoms in total. The zero-order valence-corrected chi connectivity index (χ0v) is 14.0. The molecule has 0 spiro atoms. The highest BCUT2D eigenvalue weighted by Crippen LogP contribution is 2.27. The van der Waals surface area contributed by atoms with E-state index in [0.717, 1.165) is 10.0 Å². The van der Waals surface area contributed by atoms with Gasteiger partial charge in [0.05, 0.1) is 11.6 Å². The number of aryl methyl sites for hydroxylation is 1. The number of rotatable bonds is 4. The summed E-state index contributed by atoms with van der Waals surface area (Å²) in [7, 11) is 0. The third kappa shape index (κ3) is 3.92. The van der Waals surface area contributed by atoms with Gasteiger partial charge in [-0.25, -0.2) is 4.79 Å². The van der Waals surface area contributed by atoms with Gasteiger partial charge < -0.3 is 10.1 Å². The maximum absolute atomic E-state index is 12.1. The largest absolute Gasteiger partial charge is 0.462 e. The summed E-state index contributed by atoms with van der Waals surface area (Å²) in [4.78, 5) is 24.4. The Morgan fingerprint density at radius 1 is 1.29 bits per heavy atom. The van der Waals surface area contributed by atoms with Crippen molar-refractivity contribution in [2.45, 2.75) is 13.8 Å². The van der Waals surface area contributed by atoms with Crippen LogP contribution in [0, 0.1) is 6.92 Å². The van der Waals surface area contributed by atoms with Crippen molar-refractivity contribution in [3.8, 4) is 0 Å². The Bertz CT molecular complexity index is 664. The van der Waals surface area contributed by atoms with E-state index in [1.807, 2.05) is 6.92 Å². The molecule has 0 radical (unpaired) electrons. The first kappa shape index (κ1) is 15.7. The number of halogens is 1. The summed E-state index contributed by atoms with van der Waals surface area (Å²) in [6.07, 6.45) is 0. The molecule has 0 unspecified atom stereocenters. The Labute approximate surface area is 135 Å². The predicted octanol–water partition coefficient (Wildman–Crippen LogP) is 4.25. The van der Waals surface area contributed by atoms with Crippen LogP contribution in [0.4, 0.5) is 5.00 Å². The molecule has 1 aromatic carbocycles. The minimum absolute atomic E-state index is 0.209. The smallest absolute Gasteiger partial charge is 0.348 e. The number of carbonyl (C=O) groups excluding carboxylic acids is 2. The molecule has 0 fully saturated rings. The molecule has 1 amide bonds. The van der Waals surface area contributed by atoms with Crippen LogP contribution in [0.15, 0.2) is 34.8 Å². The van der Waals surface area contributed by atoms with Crippen molar-refractivity contribution in [3.05, 3.63) is 50.8 Å². The number of thiophene rings is 1. The first-order valence-electron chi connectivity index (χ1n) is 6.35. The Balaban J connectivity index is 2.13. The van der Waals surface area contributed by atoms with Crippen molar-refractivity contribution < 1.29 is 14.3 Å². The molecule has 0 saturated heterocycles. The number of anilines is 1. The van der Waals surface area contributed by atoms with Gasteiger partial charge >= 0.3 is 5.97 Å². The van der Waals surface area contributed by atoms with Gasteiger partial charge in [-0.05, 0) is 49.7 Å². The Morgan fingerprint density at radius 3 is 2.57 bits per heavy atom. The van der Waals surface area contributed by atoms with Crippen LogP contribution >= 0.6 is 27.3 Å². The lowest BCUT2D eigenvalue weighted by molar-refractivity contribution is 0.0531. The quantitative estimate of drug-likeness (QED) is 0.821. The molecule has 1 heterocycles. The zero-order chi connectivity index (χ0) is 15.4. The van der Waals surface area contributed by atoms with E-state index in [1.165, 1.54) is 11.3 Å². The highest BCUT2D eigenvalue weighted by atomic mass is 79.9. The molecule has 6 heteroatoms. The summed E-state index contributed by atoms with van der Waals surface area (Å²) in [6.45, 7) is 3.91. The lowest BCUT2D eigenvalue weighted by Gasteiger charge is -2.02. The number of nitrogens with one attached hydrogen (secondary N) is 1. The third-order valence-electron chi connectivity index (χ3n) is 2.72. The van der Waals surface area contributed by atoms with Gasteiger partial charge in [0.25, 0.3) is 5.91 Å². The third-order valence-corrected chi connectivity index (χ3v) is 4.38. The number of hydrogen-bond donors (Lipinski definition) is 1. The van der Waals surface area contributed by atoms with Crippen molar-refractivity contribution in [2.75, 3.05) is 11.9 Å². The van der Waals surface area contributed by atoms with E-state index in [9.17, 15) is 9.59 Å². The summed E-state index contributed by atoms with van der Waals surface area (Å²) < 4.78 is 5.89. The maximum Gasteiger partial charge on any atom is 0.348 e. The van der Waals surface area contributed by atoms with Gasteiger partial charge in [-0.2, -0.15) is 0 Å². The topological polar surface area (TPSA) is 55.4 Å². The summed E-state index contributed by atoms with van der Waals surface area (Å²) >= 11 is 4.54. The first-order valence-corrected chi connectivity index (χ1v) is 7.96. The monoisotopic (exact) mass is 367 g/mol. The molecule has 0 aliphatic heterocycles. The molecule has 110 valence electrons. The maximum atomic E-state index is 12.1. The highest BCUT2D eigenvalue weighted by molar-refractivity contribution is 9.10. The highest BCUT2D eigenvalue weighted by Gasteiger charge is 2.16. The van der Waals surface area contributed by atoms with E-state index in [2.05, 4.69) is 21.2 Å². The van der Waals surface area contributed by atoms with E-state index >= 15 is 0 Å². The van der Waals surface area contributed by atoms with Crippen LogP contribution in [0.25, 0.3) is 0 Å². The molecule has 2 aromatic rings. The second-order valence-corrected chi connectivity index (χ2v) is 6.27. The van der Waals surface area contributed by atoms with Gasteiger partial charge in [-0.15, -0.1) is 11.3 Å². The number of amides is 1. The summed E-state index contributed by atoms with van der Waals surface area (Å²) in [5, 5.41) is 3.42. The average molecular weight is 368 g/mol. The van der Waals surface area contributed by atoms with Gasteiger partial charge in [0.1, 0.15) is 4.88 Å². The molecule has 0 bridgehead atoms. The Kier molecular flexibility index (Phi) is 5.14. The van der Waals surface area contributed by atoms with Crippen LogP contribution in [0.5, 0.6) is 0 Å². The predicted molar refractivity (Wildman–Crippen MR) is 87.1 cm³/mol. The van der Waals surface area contributed by atoms with E-state index in [0.29, 0.717) is 22.0 Å². The van der Waals surface area contributed by atoms with E-state index in [-0.39, 0.29) is 11.9 Å². The molecule has 2 rings (SSSR count). The van der Waals surface area contributed by atoms with Gasteiger partial charge in [0.2, 0.25) is 0 Å². The SMILES string of the molecule is CCOC(=O)c1sc(NC(=O)c2ccc(Br)cc2)cc1C. The number of carbonyl (C=O) groups is 2. The molecular weight excluding hydrogens is 354 g/mol. The molecule has 1 N–H and O–H groups in total. The Morgan fingerprint density at radius 2 is 1.95 bits per heavy atom. The van der Waals surface area contributed by atoms with Crippen molar-refractivity contribution >= 4 is 44.1 Å². The summed E-state index contributed by atoms with van der Waals surface area (Å²) in [6, 6.07) is 8.84. The molecule has 1 aromatic heterocycles. The second kappa shape index (κ2) is 6.87. The van der Waals surface area contributed by atoms with Crippen LogP contribution in [-0.4, -0.2) is 18.5 Å². The first-order chi connectivity index (χ1) is 10.0. The molecule has 0 aliphatic rings. The minimum Gasteiger partial charge on any atom is -0.462 e. The van der Waals surface area contributed by atoms with Crippen LogP contribution in [0.3, 0.4) is 0 Å². The normalized spacial score (nSPS) is 10.2. The van der Waals surface area contributed by atoms with E-state index < -0.39 is 0 Å². The van der Waals surface area contributed by atoms with Crippen molar-refractivity contribution in [1.82, 2.24) is 0 Å². The van der Waals surface area contributed by atoms with Crippen LogP contribution in [0.2, 0.25) is 0 Å². The average Bonchev–Trinajstić information content (AvgIpc) is 2.80. The summed E-state index contributed by atoms with van der Waals surface area (Å²) in [5.74, 6) is -0.566. The van der Waals surface area contributed by atoms with E-state index in [4.69, 9.17) is 4.74 Å². The van der Waals surface area contributed by atoms with Crippen molar-refractivity contribution in [2.24, 2.45) is 0 Å². The van der Waals surface area contributed by atoms with Crippen molar-refractivity contribution in [1.29, 1.82) is 0 Å². The fourth-order valence-electron chi connectivity index (χ4n) is 1.73.